The third-order valence-corrected chi connectivity index (χ3v) is 4.14. The molecule has 1 atom stereocenters. The topological polar surface area (TPSA) is 67.6 Å². The number of nitrogens with one attached hydrogen (secondary N) is 1. The van der Waals surface area contributed by atoms with Crippen LogP contribution in [0.25, 0.3) is 0 Å². The highest BCUT2D eigenvalue weighted by atomic mass is 32.2. The van der Waals surface area contributed by atoms with Crippen LogP contribution in [0.1, 0.15) is 43.8 Å². The van der Waals surface area contributed by atoms with E-state index >= 15 is 0 Å². The van der Waals surface area contributed by atoms with Crippen molar-refractivity contribution < 1.29 is 0 Å². The smallest absolute Gasteiger partial charge is 0.208 e. The Bertz CT molecular complexity index is 554. The molecule has 0 amide bonds. The maximum Gasteiger partial charge on any atom is 0.208 e. The number of hydrogen-bond acceptors (Lipinski definition) is 4. The molecule has 108 valence electrons. The molecule has 1 unspecified atom stereocenters. The lowest BCUT2D eigenvalue weighted by molar-refractivity contribution is 0.589. The van der Waals surface area contributed by atoms with E-state index in [0.717, 1.165) is 22.3 Å². The van der Waals surface area contributed by atoms with Gasteiger partial charge in [0.25, 0.3) is 0 Å². The zero-order valence-corrected chi connectivity index (χ0v) is 13.3. The number of benzene rings is 1. The van der Waals surface area contributed by atoms with Crippen LogP contribution in [0.3, 0.4) is 0 Å². The van der Waals surface area contributed by atoms with Crippen molar-refractivity contribution in [1.82, 2.24) is 15.2 Å². The maximum absolute atomic E-state index is 6.22. The number of H-pyrrole nitrogens is 1. The van der Waals surface area contributed by atoms with Crippen molar-refractivity contribution in [1.29, 1.82) is 0 Å². The van der Waals surface area contributed by atoms with Crippen LogP contribution in [0, 0.1) is 6.92 Å². The molecule has 1 heterocycles. The fourth-order valence-corrected chi connectivity index (χ4v) is 2.71. The van der Waals surface area contributed by atoms with Crippen LogP contribution >= 0.6 is 11.8 Å². The summed E-state index contributed by atoms with van der Waals surface area (Å²) in [5, 5.41) is 7.69. The molecule has 0 saturated heterocycles. The monoisotopic (exact) mass is 290 g/mol. The summed E-state index contributed by atoms with van der Waals surface area (Å²) in [5.41, 5.74) is 8.87. The van der Waals surface area contributed by atoms with Gasteiger partial charge in [-0.1, -0.05) is 56.8 Å². The first-order valence-electron chi connectivity index (χ1n) is 6.74. The van der Waals surface area contributed by atoms with Crippen molar-refractivity contribution in [2.75, 3.05) is 5.75 Å². The molecule has 2 rings (SSSR count). The summed E-state index contributed by atoms with van der Waals surface area (Å²) in [6.45, 7) is 8.53. The Balaban J connectivity index is 1.97. The van der Waals surface area contributed by atoms with Gasteiger partial charge in [0.05, 0.1) is 0 Å². The quantitative estimate of drug-likeness (QED) is 0.849. The van der Waals surface area contributed by atoms with E-state index in [1.54, 1.807) is 11.8 Å². The summed E-state index contributed by atoms with van der Waals surface area (Å²) in [7, 11) is 0. The number of nitrogens with zero attached hydrogens (tertiary/aromatic N) is 2. The Morgan fingerprint density at radius 3 is 2.40 bits per heavy atom. The lowest BCUT2D eigenvalue weighted by Crippen LogP contribution is -2.15. The van der Waals surface area contributed by atoms with Gasteiger partial charge in [0.2, 0.25) is 5.16 Å². The predicted octanol–water partition coefficient (Wildman–Crippen LogP) is 3.20. The molecule has 0 radical (unpaired) electrons. The van der Waals surface area contributed by atoms with Gasteiger partial charge in [-0.3, -0.25) is 5.10 Å². The van der Waals surface area contributed by atoms with Gasteiger partial charge in [-0.2, -0.15) is 0 Å². The van der Waals surface area contributed by atoms with Crippen LogP contribution in [0.15, 0.2) is 29.4 Å². The molecule has 0 aliphatic heterocycles. The molecule has 1 aromatic heterocycles. The highest BCUT2D eigenvalue weighted by molar-refractivity contribution is 7.99. The van der Waals surface area contributed by atoms with Gasteiger partial charge in [0.15, 0.2) is 0 Å². The van der Waals surface area contributed by atoms with Gasteiger partial charge < -0.3 is 5.73 Å². The summed E-state index contributed by atoms with van der Waals surface area (Å²) in [6, 6.07) is 8.56. The molecule has 1 aromatic carbocycles. The molecule has 2 aromatic rings. The van der Waals surface area contributed by atoms with E-state index in [9.17, 15) is 0 Å². The fraction of sp³-hybridized carbons (Fsp3) is 0.467. The molecule has 0 aliphatic carbocycles. The maximum atomic E-state index is 6.22. The van der Waals surface area contributed by atoms with Crippen LogP contribution in [-0.4, -0.2) is 20.9 Å². The van der Waals surface area contributed by atoms with Crippen molar-refractivity contribution >= 4 is 11.8 Å². The van der Waals surface area contributed by atoms with E-state index in [1.807, 2.05) is 6.92 Å². The third kappa shape index (κ3) is 3.84. The van der Waals surface area contributed by atoms with E-state index in [0.29, 0.717) is 0 Å². The number of rotatable bonds is 4. The van der Waals surface area contributed by atoms with Crippen LogP contribution < -0.4 is 5.73 Å². The molecule has 0 spiro atoms. The van der Waals surface area contributed by atoms with E-state index in [4.69, 9.17) is 5.73 Å². The Labute approximate surface area is 124 Å². The molecule has 0 fully saturated rings. The van der Waals surface area contributed by atoms with Crippen molar-refractivity contribution in [3.8, 4) is 0 Å². The van der Waals surface area contributed by atoms with Gasteiger partial charge in [0.1, 0.15) is 5.82 Å². The molecular formula is C15H22N4S. The molecule has 5 heteroatoms. The lowest BCUT2D eigenvalue weighted by Gasteiger charge is -2.20. The SMILES string of the molecule is Cc1nc(SCC(N)c2ccc(C(C)(C)C)cc2)n[nH]1. The molecule has 3 N–H and O–H groups in total. The van der Waals surface area contributed by atoms with E-state index < -0.39 is 0 Å². The van der Waals surface area contributed by atoms with Crippen LogP contribution in [0.5, 0.6) is 0 Å². The number of aryl methyl sites for hydroxylation is 1. The van der Waals surface area contributed by atoms with Gasteiger partial charge in [-0.15, -0.1) is 5.10 Å². The number of aromatic amines is 1. The van der Waals surface area contributed by atoms with Gasteiger partial charge in [-0.05, 0) is 23.5 Å². The number of hydrogen-bond donors (Lipinski definition) is 2. The van der Waals surface area contributed by atoms with Crippen LogP contribution in [0.2, 0.25) is 0 Å². The standard InChI is InChI=1S/C15H22N4S/c1-10-17-14(19-18-10)20-9-13(16)11-5-7-12(8-6-11)15(2,3)4/h5-8,13H,9,16H2,1-4H3,(H,17,18,19). The summed E-state index contributed by atoms with van der Waals surface area (Å²) in [5.74, 6) is 1.60. The minimum absolute atomic E-state index is 0.00664. The Morgan fingerprint density at radius 2 is 1.90 bits per heavy atom. The van der Waals surface area contributed by atoms with E-state index in [1.165, 1.54) is 5.56 Å². The summed E-state index contributed by atoms with van der Waals surface area (Å²) in [4.78, 5) is 4.26. The summed E-state index contributed by atoms with van der Waals surface area (Å²) in [6.07, 6.45) is 0. The normalized spacial score (nSPS) is 13.4. The number of thioether (sulfide) groups is 1. The van der Waals surface area contributed by atoms with E-state index in [-0.39, 0.29) is 11.5 Å². The van der Waals surface area contributed by atoms with Crippen molar-refractivity contribution in [2.45, 2.75) is 44.3 Å². The Hall–Kier alpha value is -1.33. The molecule has 0 saturated carbocycles. The molecule has 20 heavy (non-hydrogen) atoms. The summed E-state index contributed by atoms with van der Waals surface area (Å²) < 4.78 is 0. The minimum atomic E-state index is -0.00664. The third-order valence-electron chi connectivity index (χ3n) is 3.17. The van der Waals surface area contributed by atoms with Gasteiger partial charge in [-0.25, -0.2) is 4.98 Å². The Kier molecular flexibility index (Phi) is 4.50. The van der Waals surface area contributed by atoms with Crippen LogP contribution in [-0.2, 0) is 5.41 Å². The minimum Gasteiger partial charge on any atom is -0.323 e. The first-order chi connectivity index (χ1) is 9.36. The predicted molar refractivity (Wildman–Crippen MR) is 83.9 cm³/mol. The number of aromatic nitrogens is 3. The highest BCUT2D eigenvalue weighted by Gasteiger charge is 2.14. The average Bonchev–Trinajstić information content (AvgIpc) is 2.81. The molecule has 0 aliphatic rings. The van der Waals surface area contributed by atoms with Crippen molar-refractivity contribution in [3.05, 3.63) is 41.2 Å². The van der Waals surface area contributed by atoms with Gasteiger partial charge in [0, 0.05) is 11.8 Å². The Morgan fingerprint density at radius 1 is 1.25 bits per heavy atom. The zero-order valence-electron chi connectivity index (χ0n) is 12.5. The average molecular weight is 290 g/mol. The summed E-state index contributed by atoms with van der Waals surface area (Å²) >= 11 is 1.58. The van der Waals surface area contributed by atoms with E-state index in [2.05, 4.69) is 60.2 Å². The fourth-order valence-electron chi connectivity index (χ4n) is 1.88. The molecule has 4 nitrogen and oxygen atoms in total. The number of nitrogens with two attached hydrogens (primary N) is 1. The van der Waals surface area contributed by atoms with Gasteiger partial charge >= 0.3 is 0 Å². The second-order valence-corrected chi connectivity index (χ2v) is 6.98. The first-order valence-corrected chi connectivity index (χ1v) is 7.72. The lowest BCUT2D eigenvalue weighted by atomic mass is 9.86. The highest BCUT2D eigenvalue weighted by Crippen LogP contribution is 2.25. The van der Waals surface area contributed by atoms with Crippen molar-refractivity contribution in [3.63, 3.8) is 0 Å². The second-order valence-electron chi connectivity index (χ2n) is 5.99. The van der Waals surface area contributed by atoms with Crippen molar-refractivity contribution in [2.24, 2.45) is 5.73 Å². The van der Waals surface area contributed by atoms with Crippen LogP contribution in [0.4, 0.5) is 0 Å². The second kappa shape index (κ2) is 5.97. The molecule has 0 bridgehead atoms. The molecular weight excluding hydrogens is 268 g/mol. The largest absolute Gasteiger partial charge is 0.323 e. The first kappa shape index (κ1) is 15.1. The zero-order chi connectivity index (χ0) is 14.8.